The van der Waals surface area contributed by atoms with E-state index < -0.39 is 22.2 Å². The number of carboxylic acid groups (broad SMARTS) is 1. The molecule has 104 valence electrons. The SMILES string of the molecule is CC1CCCN(S(=O)(=O)N2CCC[C@@H]2C(=O)O)C1. The zero-order valence-corrected chi connectivity index (χ0v) is 11.4. The average molecular weight is 276 g/mol. The molecule has 1 unspecified atom stereocenters. The van der Waals surface area contributed by atoms with E-state index in [0.29, 0.717) is 38.4 Å². The zero-order chi connectivity index (χ0) is 13.3. The van der Waals surface area contributed by atoms with Crippen LogP contribution in [0.1, 0.15) is 32.6 Å². The van der Waals surface area contributed by atoms with Crippen molar-refractivity contribution in [1.82, 2.24) is 8.61 Å². The van der Waals surface area contributed by atoms with Crippen LogP contribution in [0.15, 0.2) is 0 Å². The van der Waals surface area contributed by atoms with Crippen LogP contribution in [0, 0.1) is 5.92 Å². The van der Waals surface area contributed by atoms with E-state index in [1.165, 1.54) is 4.31 Å². The van der Waals surface area contributed by atoms with Gasteiger partial charge in [0, 0.05) is 19.6 Å². The summed E-state index contributed by atoms with van der Waals surface area (Å²) in [5.41, 5.74) is 0. The summed E-state index contributed by atoms with van der Waals surface area (Å²) < 4.78 is 27.5. The zero-order valence-electron chi connectivity index (χ0n) is 10.6. The highest BCUT2D eigenvalue weighted by Crippen LogP contribution is 2.26. The van der Waals surface area contributed by atoms with E-state index >= 15 is 0 Å². The molecule has 0 aromatic carbocycles. The van der Waals surface area contributed by atoms with E-state index in [1.54, 1.807) is 0 Å². The van der Waals surface area contributed by atoms with Gasteiger partial charge in [0.1, 0.15) is 6.04 Å². The van der Waals surface area contributed by atoms with Gasteiger partial charge in [-0.3, -0.25) is 4.79 Å². The minimum atomic E-state index is -3.60. The van der Waals surface area contributed by atoms with Crippen LogP contribution in [0.25, 0.3) is 0 Å². The number of carboxylic acids is 1. The Kier molecular flexibility index (Phi) is 3.93. The minimum Gasteiger partial charge on any atom is -0.480 e. The van der Waals surface area contributed by atoms with Crippen molar-refractivity contribution in [2.45, 2.75) is 38.6 Å². The third kappa shape index (κ3) is 2.53. The smallest absolute Gasteiger partial charge is 0.322 e. The first kappa shape index (κ1) is 13.8. The molecule has 2 atom stereocenters. The van der Waals surface area contributed by atoms with Crippen LogP contribution in [0.3, 0.4) is 0 Å². The van der Waals surface area contributed by atoms with Gasteiger partial charge in [0.05, 0.1) is 0 Å². The number of aliphatic carboxylic acids is 1. The number of nitrogens with zero attached hydrogens (tertiary/aromatic N) is 2. The first-order valence-corrected chi connectivity index (χ1v) is 7.82. The standard InChI is InChI=1S/C11H20N2O4S/c1-9-4-2-6-12(8-9)18(16,17)13-7-3-5-10(13)11(14)15/h9-10H,2-8H2,1H3,(H,14,15)/t9?,10-/m1/s1. The van der Waals surface area contributed by atoms with Crippen molar-refractivity contribution in [1.29, 1.82) is 0 Å². The molecular formula is C11H20N2O4S. The Morgan fingerprint density at radius 1 is 1.22 bits per heavy atom. The molecule has 6 nitrogen and oxygen atoms in total. The quantitative estimate of drug-likeness (QED) is 0.815. The molecule has 0 aliphatic carbocycles. The van der Waals surface area contributed by atoms with E-state index in [1.807, 2.05) is 6.92 Å². The fourth-order valence-electron chi connectivity index (χ4n) is 2.77. The summed E-state index contributed by atoms with van der Waals surface area (Å²) >= 11 is 0. The summed E-state index contributed by atoms with van der Waals surface area (Å²) in [6, 6.07) is -0.882. The molecule has 2 aliphatic rings. The Morgan fingerprint density at radius 2 is 1.89 bits per heavy atom. The van der Waals surface area contributed by atoms with Gasteiger partial charge in [-0.15, -0.1) is 0 Å². The molecule has 18 heavy (non-hydrogen) atoms. The van der Waals surface area contributed by atoms with Crippen LogP contribution in [0.4, 0.5) is 0 Å². The third-order valence-electron chi connectivity index (χ3n) is 3.73. The molecule has 0 aromatic heterocycles. The second-order valence-electron chi connectivity index (χ2n) is 5.22. The molecule has 2 heterocycles. The van der Waals surface area contributed by atoms with E-state index in [4.69, 9.17) is 5.11 Å². The van der Waals surface area contributed by atoms with E-state index in [-0.39, 0.29) is 0 Å². The topological polar surface area (TPSA) is 77.9 Å². The Labute approximate surface area is 108 Å². The van der Waals surface area contributed by atoms with Gasteiger partial charge in [-0.1, -0.05) is 6.92 Å². The molecule has 1 N–H and O–H groups in total. The molecule has 2 fully saturated rings. The third-order valence-corrected chi connectivity index (χ3v) is 5.75. The first-order valence-electron chi connectivity index (χ1n) is 6.42. The van der Waals surface area contributed by atoms with Gasteiger partial charge < -0.3 is 5.11 Å². The summed E-state index contributed by atoms with van der Waals surface area (Å²) in [5, 5.41) is 9.07. The summed E-state index contributed by atoms with van der Waals surface area (Å²) in [7, 11) is -3.60. The van der Waals surface area contributed by atoms with Crippen molar-refractivity contribution in [3.8, 4) is 0 Å². The fraction of sp³-hybridized carbons (Fsp3) is 0.909. The lowest BCUT2D eigenvalue weighted by atomic mass is 10.0. The van der Waals surface area contributed by atoms with Crippen molar-refractivity contribution in [2.24, 2.45) is 5.92 Å². The van der Waals surface area contributed by atoms with Crippen molar-refractivity contribution < 1.29 is 18.3 Å². The Bertz CT molecular complexity index is 423. The number of carbonyl (C=O) groups is 1. The molecule has 7 heteroatoms. The van der Waals surface area contributed by atoms with E-state index in [9.17, 15) is 13.2 Å². The molecule has 2 aliphatic heterocycles. The highest BCUT2D eigenvalue weighted by molar-refractivity contribution is 7.86. The maximum Gasteiger partial charge on any atom is 0.322 e. The molecule has 0 spiro atoms. The summed E-state index contributed by atoms with van der Waals surface area (Å²) in [5.74, 6) is -0.694. The van der Waals surface area contributed by atoms with Crippen LogP contribution in [0.5, 0.6) is 0 Å². The summed E-state index contributed by atoms with van der Waals surface area (Å²) in [6.45, 7) is 3.37. The van der Waals surface area contributed by atoms with Crippen molar-refractivity contribution in [3.63, 3.8) is 0 Å². The number of rotatable bonds is 3. The van der Waals surface area contributed by atoms with Gasteiger partial charge in [0.25, 0.3) is 10.2 Å². The molecular weight excluding hydrogens is 256 g/mol. The van der Waals surface area contributed by atoms with Gasteiger partial charge in [-0.25, -0.2) is 0 Å². The highest BCUT2D eigenvalue weighted by atomic mass is 32.2. The second-order valence-corrected chi connectivity index (χ2v) is 7.10. The molecule has 2 rings (SSSR count). The fourth-order valence-corrected chi connectivity index (χ4v) is 4.74. The van der Waals surface area contributed by atoms with Gasteiger partial charge in [-0.2, -0.15) is 17.0 Å². The van der Waals surface area contributed by atoms with E-state index in [2.05, 4.69) is 0 Å². The molecule has 0 saturated carbocycles. The molecule has 0 bridgehead atoms. The lowest BCUT2D eigenvalue weighted by Gasteiger charge is -2.34. The maximum atomic E-state index is 12.4. The molecule has 0 amide bonds. The Balaban J connectivity index is 2.17. The van der Waals surface area contributed by atoms with Gasteiger partial charge in [0.15, 0.2) is 0 Å². The minimum absolute atomic E-state index is 0.324. The number of hydrogen-bond donors (Lipinski definition) is 1. The number of hydrogen-bond acceptors (Lipinski definition) is 3. The maximum absolute atomic E-state index is 12.4. The first-order chi connectivity index (χ1) is 8.43. The van der Waals surface area contributed by atoms with Gasteiger partial charge >= 0.3 is 5.97 Å². The monoisotopic (exact) mass is 276 g/mol. The molecule has 0 aromatic rings. The highest BCUT2D eigenvalue weighted by Gasteiger charge is 2.42. The molecule has 0 radical (unpaired) electrons. The lowest BCUT2D eigenvalue weighted by molar-refractivity contribution is -0.140. The van der Waals surface area contributed by atoms with Crippen LogP contribution in [-0.4, -0.2) is 53.8 Å². The second kappa shape index (κ2) is 5.14. The summed E-state index contributed by atoms with van der Waals surface area (Å²) in [6.07, 6.45) is 2.93. The van der Waals surface area contributed by atoms with Crippen molar-refractivity contribution in [2.75, 3.05) is 19.6 Å². The lowest BCUT2D eigenvalue weighted by Crippen LogP contribution is -2.50. The normalized spacial score (nSPS) is 31.6. The van der Waals surface area contributed by atoms with E-state index in [0.717, 1.165) is 17.1 Å². The predicted octanol–water partition coefficient (Wildman–Crippen LogP) is 0.512. The molecule has 2 saturated heterocycles. The van der Waals surface area contributed by atoms with Crippen molar-refractivity contribution in [3.05, 3.63) is 0 Å². The van der Waals surface area contributed by atoms with Crippen molar-refractivity contribution >= 4 is 16.2 Å². The van der Waals surface area contributed by atoms with Gasteiger partial charge in [0.2, 0.25) is 0 Å². The largest absolute Gasteiger partial charge is 0.480 e. The number of piperidine rings is 1. The van der Waals surface area contributed by atoms with Crippen LogP contribution in [0.2, 0.25) is 0 Å². The van der Waals surface area contributed by atoms with Gasteiger partial charge in [-0.05, 0) is 31.6 Å². The Morgan fingerprint density at radius 3 is 2.50 bits per heavy atom. The summed E-state index contributed by atoms with van der Waals surface area (Å²) in [4.78, 5) is 11.1. The average Bonchev–Trinajstić information content (AvgIpc) is 2.78. The van der Waals surface area contributed by atoms with Crippen LogP contribution >= 0.6 is 0 Å². The predicted molar refractivity (Wildman–Crippen MR) is 66.3 cm³/mol. The Hall–Kier alpha value is -0.660. The van der Waals surface area contributed by atoms with Crippen LogP contribution < -0.4 is 0 Å². The van der Waals surface area contributed by atoms with Crippen LogP contribution in [-0.2, 0) is 15.0 Å².